The van der Waals surface area contributed by atoms with E-state index in [2.05, 4.69) is 5.32 Å². The number of halogens is 2. The first-order valence-electron chi connectivity index (χ1n) is 4.88. The van der Waals surface area contributed by atoms with Gasteiger partial charge in [-0.15, -0.1) is 0 Å². The molecule has 0 aromatic heterocycles. The van der Waals surface area contributed by atoms with E-state index in [9.17, 15) is 0 Å². The van der Waals surface area contributed by atoms with Gasteiger partial charge in [-0.2, -0.15) is 0 Å². The molecule has 1 unspecified atom stereocenters. The molecular formula is C11H16Cl2N2O. The van der Waals surface area contributed by atoms with Gasteiger partial charge in [0.15, 0.2) is 0 Å². The predicted molar refractivity (Wildman–Crippen MR) is 68.5 cm³/mol. The van der Waals surface area contributed by atoms with E-state index in [1.54, 1.807) is 7.11 Å². The highest BCUT2D eigenvalue weighted by molar-refractivity contribution is 6.43. The third-order valence-corrected chi connectivity index (χ3v) is 3.26. The lowest BCUT2D eigenvalue weighted by atomic mass is 10.1. The summed E-state index contributed by atoms with van der Waals surface area (Å²) in [6, 6.07) is 3.73. The number of hydrogen-bond donors (Lipinski definition) is 1. The van der Waals surface area contributed by atoms with Gasteiger partial charge >= 0.3 is 0 Å². The van der Waals surface area contributed by atoms with Crippen molar-refractivity contribution in [3.8, 4) is 5.75 Å². The molecule has 0 saturated carbocycles. The largest absolute Gasteiger partial charge is 0.495 e. The zero-order valence-electron chi connectivity index (χ0n) is 9.84. The summed E-state index contributed by atoms with van der Waals surface area (Å²) in [6.45, 7) is 0. The Hall–Kier alpha value is -0.480. The van der Waals surface area contributed by atoms with Crippen molar-refractivity contribution in [1.82, 2.24) is 10.2 Å². The van der Waals surface area contributed by atoms with Crippen LogP contribution in [0.4, 0.5) is 0 Å². The molecule has 1 N–H and O–H groups in total. The number of benzene rings is 1. The van der Waals surface area contributed by atoms with Crippen molar-refractivity contribution >= 4 is 23.2 Å². The van der Waals surface area contributed by atoms with Crippen LogP contribution in [0, 0.1) is 0 Å². The van der Waals surface area contributed by atoms with Crippen molar-refractivity contribution in [2.45, 2.75) is 6.17 Å². The Balaban J connectivity index is 3.20. The van der Waals surface area contributed by atoms with Gasteiger partial charge in [0.1, 0.15) is 10.8 Å². The maximum absolute atomic E-state index is 6.22. The summed E-state index contributed by atoms with van der Waals surface area (Å²) in [5.41, 5.74) is 0.931. The van der Waals surface area contributed by atoms with Crippen molar-refractivity contribution in [3.63, 3.8) is 0 Å². The van der Waals surface area contributed by atoms with Gasteiger partial charge in [-0.3, -0.25) is 4.90 Å². The predicted octanol–water partition coefficient (Wildman–Crippen LogP) is 2.78. The fourth-order valence-corrected chi connectivity index (χ4v) is 2.12. The second-order valence-corrected chi connectivity index (χ2v) is 4.40. The normalized spacial score (nSPS) is 12.9. The molecule has 90 valence electrons. The van der Waals surface area contributed by atoms with Crippen LogP contribution in [0.5, 0.6) is 5.75 Å². The maximum atomic E-state index is 6.22. The molecule has 1 aromatic rings. The zero-order valence-corrected chi connectivity index (χ0v) is 11.4. The van der Waals surface area contributed by atoms with E-state index in [1.165, 1.54) is 0 Å². The fourth-order valence-electron chi connectivity index (χ4n) is 1.61. The van der Waals surface area contributed by atoms with Gasteiger partial charge in [-0.05, 0) is 27.2 Å². The minimum Gasteiger partial charge on any atom is -0.495 e. The molecule has 0 spiro atoms. The fraction of sp³-hybridized carbons (Fsp3) is 0.455. The minimum atomic E-state index is 0.0240. The summed E-state index contributed by atoms with van der Waals surface area (Å²) < 4.78 is 5.10. The molecule has 0 aliphatic rings. The van der Waals surface area contributed by atoms with E-state index in [-0.39, 0.29) is 6.17 Å². The Morgan fingerprint density at radius 3 is 2.31 bits per heavy atom. The molecule has 1 atom stereocenters. The van der Waals surface area contributed by atoms with Gasteiger partial charge in [-0.1, -0.05) is 29.3 Å². The SMILES string of the molecule is CNC(c1ccc(OC)c(Cl)c1Cl)N(C)C. The standard InChI is InChI=1S/C11H16Cl2N2O/c1-14-11(15(2)3)7-5-6-8(16-4)10(13)9(7)12/h5-6,11,14H,1-4H3. The lowest BCUT2D eigenvalue weighted by molar-refractivity contribution is 0.264. The second kappa shape index (κ2) is 5.73. The van der Waals surface area contributed by atoms with Crippen LogP contribution in [0.2, 0.25) is 10.0 Å². The van der Waals surface area contributed by atoms with Gasteiger partial charge in [-0.25, -0.2) is 0 Å². The van der Waals surface area contributed by atoms with Crippen molar-refractivity contribution in [3.05, 3.63) is 27.7 Å². The number of ether oxygens (including phenoxy) is 1. The Bertz CT molecular complexity index is 369. The van der Waals surface area contributed by atoms with Crippen LogP contribution >= 0.6 is 23.2 Å². The smallest absolute Gasteiger partial charge is 0.139 e. The van der Waals surface area contributed by atoms with Gasteiger partial charge in [0, 0.05) is 5.56 Å². The summed E-state index contributed by atoms with van der Waals surface area (Å²) in [6.07, 6.45) is 0.0240. The molecule has 0 aliphatic heterocycles. The zero-order chi connectivity index (χ0) is 12.3. The summed E-state index contributed by atoms with van der Waals surface area (Å²) in [4.78, 5) is 2.02. The van der Waals surface area contributed by atoms with Crippen LogP contribution in [0.15, 0.2) is 12.1 Å². The van der Waals surface area contributed by atoms with Gasteiger partial charge < -0.3 is 10.1 Å². The highest BCUT2D eigenvalue weighted by atomic mass is 35.5. The van der Waals surface area contributed by atoms with Crippen molar-refractivity contribution in [1.29, 1.82) is 0 Å². The van der Waals surface area contributed by atoms with Crippen LogP contribution in [-0.4, -0.2) is 33.2 Å². The average Bonchev–Trinajstić information content (AvgIpc) is 2.25. The molecule has 0 aliphatic carbocycles. The molecule has 0 heterocycles. The lowest BCUT2D eigenvalue weighted by Crippen LogP contribution is -2.31. The van der Waals surface area contributed by atoms with Crippen LogP contribution in [-0.2, 0) is 0 Å². The van der Waals surface area contributed by atoms with E-state index >= 15 is 0 Å². The molecule has 0 amide bonds. The van der Waals surface area contributed by atoms with Crippen LogP contribution in [0.1, 0.15) is 11.7 Å². The third kappa shape index (κ3) is 2.61. The summed E-state index contributed by atoms with van der Waals surface area (Å²) >= 11 is 12.3. The monoisotopic (exact) mass is 262 g/mol. The first kappa shape index (κ1) is 13.6. The highest BCUT2D eigenvalue weighted by Crippen LogP contribution is 2.37. The Kier molecular flexibility index (Phi) is 4.87. The Morgan fingerprint density at radius 2 is 1.88 bits per heavy atom. The molecule has 0 fully saturated rings. The first-order chi connectivity index (χ1) is 7.52. The summed E-state index contributed by atoms with van der Waals surface area (Å²) in [5.74, 6) is 0.587. The average molecular weight is 263 g/mol. The van der Waals surface area contributed by atoms with Gasteiger partial charge in [0.2, 0.25) is 0 Å². The molecular weight excluding hydrogens is 247 g/mol. The number of hydrogen-bond acceptors (Lipinski definition) is 3. The number of nitrogens with one attached hydrogen (secondary N) is 1. The third-order valence-electron chi connectivity index (χ3n) is 2.38. The van der Waals surface area contributed by atoms with Crippen molar-refractivity contribution in [2.75, 3.05) is 28.3 Å². The maximum Gasteiger partial charge on any atom is 0.139 e. The molecule has 3 nitrogen and oxygen atoms in total. The summed E-state index contributed by atoms with van der Waals surface area (Å²) in [7, 11) is 7.38. The molecule has 0 bridgehead atoms. The lowest BCUT2D eigenvalue weighted by Gasteiger charge is -2.25. The Labute approximate surface area is 106 Å². The van der Waals surface area contributed by atoms with Gasteiger partial charge in [0.25, 0.3) is 0 Å². The highest BCUT2D eigenvalue weighted by Gasteiger charge is 2.18. The minimum absolute atomic E-state index is 0.0240. The van der Waals surface area contributed by atoms with Gasteiger partial charge in [0.05, 0.1) is 18.3 Å². The molecule has 5 heteroatoms. The van der Waals surface area contributed by atoms with E-state index in [0.29, 0.717) is 15.8 Å². The van der Waals surface area contributed by atoms with E-state index in [4.69, 9.17) is 27.9 Å². The topological polar surface area (TPSA) is 24.5 Å². The van der Waals surface area contributed by atoms with Crippen LogP contribution in [0.25, 0.3) is 0 Å². The summed E-state index contributed by atoms with van der Waals surface area (Å²) in [5, 5.41) is 4.14. The van der Waals surface area contributed by atoms with E-state index in [1.807, 2.05) is 38.2 Å². The number of nitrogens with zero attached hydrogens (tertiary/aromatic N) is 1. The molecule has 16 heavy (non-hydrogen) atoms. The van der Waals surface area contributed by atoms with Crippen LogP contribution in [0.3, 0.4) is 0 Å². The number of methoxy groups -OCH3 is 1. The molecule has 1 aromatic carbocycles. The molecule has 1 rings (SSSR count). The quantitative estimate of drug-likeness (QED) is 0.845. The second-order valence-electron chi connectivity index (χ2n) is 3.64. The van der Waals surface area contributed by atoms with Crippen molar-refractivity contribution in [2.24, 2.45) is 0 Å². The molecule has 0 saturated heterocycles. The first-order valence-corrected chi connectivity index (χ1v) is 5.64. The van der Waals surface area contributed by atoms with Crippen LogP contribution < -0.4 is 10.1 Å². The van der Waals surface area contributed by atoms with Crippen molar-refractivity contribution < 1.29 is 4.74 Å². The molecule has 0 radical (unpaired) electrons. The number of rotatable bonds is 4. The Morgan fingerprint density at radius 1 is 1.25 bits per heavy atom. The van der Waals surface area contributed by atoms with E-state index < -0.39 is 0 Å². The van der Waals surface area contributed by atoms with E-state index in [0.717, 1.165) is 5.56 Å².